The van der Waals surface area contributed by atoms with Crippen LogP contribution in [-0.2, 0) is 16.1 Å². The molecule has 7 rings (SSSR count). The minimum absolute atomic E-state index is 0.140. The maximum Gasteiger partial charge on any atom is 0.338 e. The van der Waals surface area contributed by atoms with Crippen molar-refractivity contribution in [1.82, 2.24) is 0 Å². The predicted octanol–water partition coefficient (Wildman–Crippen LogP) is 11.7. The Balaban J connectivity index is 0.000000161. The number of ether oxygens (including phenoxy) is 2. The van der Waals surface area contributed by atoms with Gasteiger partial charge in [0.15, 0.2) is 0 Å². The van der Waals surface area contributed by atoms with Gasteiger partial charge in [0.05, 0.1) is 30.9 Å². The van der Waals surface area contributed by atoms with E-state index in [1.807, 2.05) is 61.5 Å². The number of aldehydes is 1. The van der Waals surface area contributed by atoms with Crippen molar-refractivity contribution in [1.29, 1.82) is 0 Å². The van der Waals surface area contributed by atoms with Crippen LogP contribution in [0.5, 0.6) is 0 Å². The number of halogens is 1. The summed E-state index contributed by atoms with van der Waals surface area (Å²) >= 11 is 2.16. The smallest absolute Gasteiger partial charge is 0.338 e. The zero-order valence-electron chi connectivity index (χ0n) is 31.4. The highest BCUT2D eigenvalue weighted by molar-refractivity contribution is 14.1. The average Bonchev–Trinajstić information content (AvgIpc) is 4.05. The first-order valence-corrected chi connectivity index (χ1v) is 20.0. The number of hydrogen-bond acceptors (Lipinski definition) is 6. The molecule has 6 nitrogen and oxygen atoms in total. The van der Waals surface area contributed by atoms with Gasteiger partial charge in [0, 0.05) is 9.13 Å². The van der Waals surface area contributed by atoms with Crippen LogP contribution < -0.4 is 0 Å². The van der Waals surface area contributed by atoms with Gasteiger partial charge >= 0.3 is 11.9 Å². The molecule has 4 aromatic carbocycles. The van der Waals surface area contributed by atoms with E-state index in [1.165, 1.54) is 66.4 Å². The molecule has 0 aromatic heterocycles. The van der Waals surface area contributed by atoms with Crippen LogP contribution in [0.4, 0.5) is 0 Å². The number of carbonyl (C=O) groups excluding carboxylic acids is 3. The number of rotatable bonds is 9. The Kier molecular flexibility index (Phi) is 18.1. The van der Waals surface area contributed by atoms with Gasteiger partial charge < -0.3 is 14.6 Å². The Hall–Kier alpha value is -4.60. The molecule has 0 spiro atoms. The van der Waals surface area contributed by atoms with Crippen molar-refractivity contribution in [2.24, 2.45) is 0 Å². The maximum absolute atomic E-state index is 11.6. The van der Waals surface area contributed by atoms with E-state index in [2.05, 4.69) is 65.1 Å². The Morgan fingerprint density at radius 2 is 1.09 bits per heavy atom. The van der Waals surface area contributed by atoms with Crippen LogP contribution in [0.2, 0.25) is 0 Å². The third kappa shape index (κ3) is 13.7. The van der Waals surface area contributed by atoms with Crippen LogP contribution in [0.25, 0.3) is 16.7 Å². The molecule has 1 N–H and O–H groups in total. The number of allylic oxidation sites excluding steroid dienone is 6. The van der Waals surface area contributed by atoms with Crippen molar-refractivity contribution in [3.63, 3.8) is 0 Å². The summed E-state index contributed by atoms with van der Waals surface area (Å²) in [5.41, 5.74) is 10.9. The second kappa shape index (κ2) is 23.2. The van der Waals surface area contributed by atoms with Crippen molar-refractivity contribution in [2.45, 2.75) is 78.2 Å². The van der Waals surface area contributed by atoms with Gasteiger partial charge in [-0.25, -0.2) is 9.59 Å². The summed E-state index contributed by atoms with van der Waals surface area (Å²) < 4.78 is 10.9. The van der Waals surface area contributed by atoms with Crippen LogP contribution in [-0.4, -0.2) is 36.5 Å². The third-order valence-electron chi connectivity index (χ3n) is 9.08. The maximum atomic E-state index is 11.6. The molecular weight excluding hydrogens is 787 g/mol. The molecular formula is C47H51IO6. The third-order valence-corrected chi connectivity index (χ3v) is 9.75. The van der Waals surface area contributed by atoms with Gasteiger partial charge in [-0.05, 0) is 176 Å². The van der Waals surface area contributed by atoms with Gasteiger partial charge in [-0.1, -0.05) is 72.8 Å². The largest absolute Gasteiger partial charge is 0.462 e. The molecule has 0 radical (unpaired) electrons. The summed E-state index contributed by atoms with van der Waals surface area (Å²) in [7, 11) is 0. The van der Waals surface area contributed by atoms with Crippen molar-refractivity contribution in [3.8, 4) is 0 Å². The minimum atomic E-state index is -0.254. The quantitative estimate of drug-likeness (QED) is 0.103. The van der Waals surface area contributed by atoms with E-state index in [4.69, 9.17) is 14.6 Å². The fourth-order valence-corrected chi connectivity index (χ4v) is 6.91. The lowest BCUT2D eigenvalue weighted by molar-refractivity contribution is 0.0516. The van der Waals surface area contributed by atoms with Crippen molar-refractivity contribution < 1.29 is 29.0 Å². The zero-order valence-corrected chi connectivity index (χ0v) is 33.6. The van der Waals surface area contributed by atoms with E-state index < -0.39 is 0 Å². The van der Waals surface area contributed by atoms with Crippen LogP contribution in [0.15, 0.2) is 115 Å². The molecule has 0 heterocycles. The molecule has 54 heavy (non-hydrogen) atoms. The number of esters is 2. The molecule has 0 aliphatic heterocycles. The first-order chi connectivity index (χ1) is 26.3. The second-order valence-electron chi connectivity index (χ2n) is 13.0. The number of hydrogen-bond donors (Lipinski definition) is 1. The molecule has 0 atom stereocenters. The lowest BCUT2D eigenvalue weighted by atomic mass is 10.0. The Labute approximate surface area is 334 Å². The molecule has 0 fully saturated rings. The summed E-state index contributed by atoms with van der Waals surface area (Å²) in [6.45, 7) is 4.60. The van der Waals surface area contributed by atoms with Crippen LogP contribution in [0.1, 0.15) is 125 Å². The Bertz CT molecular complexity index is 1940. The van der Waals surface area contributed by atoms with Gasteiger partial charge in [0.25, 0.3) is 0 Å². The van der Waals surface area contributed by atoms with Crippen LogP contribution in [0.3, 0.4) is 0 Å². The molecule has 282 valence electrons. The second-order valence-corrected chi connectivity index (χ2v) is 14.2. The van der Waals surface area contributed by atoms with Crippen LogP contribution >= 0.6 is 22.6 Å². The number of benzene rings is 4. The zero-order chi connectivity index (χ0) is 38.5. The molecule has 0 saturated heterocycles. The summed E-state index contributed by atoms with van der Waals surface area (Å²) in [4.78, 5) is 33.3. The molecule has 0 amide bonds. The monoisotopic (exact) mass is 838 g/mol. The fourth-order valence-electron chi connectivity index (χ4n) is 6.37. The highest BCUT2D eigenvalue weighted by atomic mass is 127. The first-order valence-electron chi connectivity index (χ1n) is 18.9. The van der Waals surface area contributed by atoms with Gasteiger partial charge in [-0.3, -0.25) is 4.79 Å². The fraction of sp³-hybridized carbons (Fsp3) is 0.298. The highest BCUT2D eigenvalue weighted by Crippen LogP contribution is 2.29. The summed E-state index contributed by atoms with van der Waals surface area (Å²) in [6, 6.07) is 31.0. The predicted molar refractivity (Wildman–Crippen MR) is 227 cm³/mol. The molecule has 0 bridgehead atoms. The SMILES string of the molecule is CCOC(=O)c1cccc(C2=CCCC2)c1.CCOC(=O)c1cccc(I)c1.O=Cc1cccc(C2=CCCC2)c1.OCc1cccc(C2=CCCC2)c1. The van der Waals surface area contributed by atoms with Crippen molar-refractivity contribution >= 4 is 57.5 Å². The van der Waals surface area contributed by atoms with E-state index in [-0.39, 0.29) is 18.5 Å². The summed E-state index contributed by atoms with van der Waals surface area (Å²) in [5.74, 6) is -0.487. The van der Waals surface area contributed by atoms with E-state index >= 15 is 0 Å². The van der Waals surface area contributed by atoms with E-state index in [0.29, 0.717) is 24.3 Å². The minimum Gasteiger partial charge on any atom is -0.462 e. The standard InChI is InChI=1S/C14H16O2.C12H14O.C12H12O.C9H9IO2/c1-2-16-14(15)13-9-5-8-12(10-13)11-6-3-4-7-11;2*13-9-10-4-3-7-12(8-10)11-5-1-2-6-11;1-2-12-9(11)7-4-3-5-8(10)6-7/h5-6,8-10H,2-4,7H2,1H3;3-5,7-8,13H,1-2,6,9H2;3-5,7-9H,1-2,6H2;3-6H,2H2,1H3. The van der Waals surface area contributed by atoms with Gasteiger partial charge in [-0.15, -0.1) is 0 Å². The molecule has 4 aromatic rings. The molecule has 3 aliphatic rings. The number of aliphatic hydroxyl groups is 1. The molecule has 0 unspecified atom stereocenters. The van der Waals surface area contributed by atoms with Gasteiger partial charge in [0.1, 0.15) is 6.29 Å². The lowest BCUT2D eigenvalue weighted by Gasteiger charge is -2.05. The normalized spacial score (nSPS) is 14.0. The number of aliphatic hydroxyl groups excluding tert-OH is 1. The molecule has 7 heteroatoms. The first kappa shape index (κ1) is 42.1. The summed E-state index contributed by atoms with van der Waals surface area (Å²) in [6.07, 6.45) is 18.5. The Morgan fingerprint density at radius 1 is 0.630 bits per heavy atom. The van der Waals surface area contributed by atoms with Gasteiger partial charge in [0.2, 0.25) is 0 Å². The van der Waals surface area contributed by atoms with Gasteiger partial charge in [-0.2, -0.15) is 0 Å². The molecule has 0 saturated carbocycles. The van der Waals surface area contributed by atoms with E-state index in [9.17, 15) is 14.4 Å². The van der Waals surface area contributed by atoms with Crippen molar-refractivity contribution in [2.75, 3.05) is 13.2 Å². The average molecular weight is 839 g/mol. The highest BCUT2D eigenvalue weighted by Gasteiger charge is 2.12. The molecule has 3 aliphatic carbocycles. The van der Waals surface area contributed by atoms with Crippen molar-refractivity contribution in [3.05, 3.63) is 158 Å². The van der Waals surface area contributed by atoms with Crippen LogP contribution in [0, 0.1) is 3.57 Å². The lowest BCUT2D eigenvalue weighted by Crippen LogP contribution is -2.04. The van der Waals surface area contributed by atoms with E-state index in [1.54, 1.807) is 25.1 Å². The summed E-state index contributed by atoms with van der Waals surface area (Å²) in [5, 5.41) is 8.99. The van der Waals surface area contributed by atoms with E-state index in [0.717, 1.165) is 45.8 Å². The topological polar surface area (TPSA) is 89.9 Å². The number of carbonyl (C=O) groups is 3. The Morgan fingerprint density at radius 3 is 1.56 bits per heavy atom.